The Labute approximate surface area is 123 Å². The summed E-state index contributed by atoms with van der Waals surface area (Å²) in [6.07, 6.45) is 3.31. The van der Waals surface area contributed by atoms with E-state index in [1.165, 1.54) is 12.4 Å². The van der Waals surface area contributed by atoms with Crippen molar-refractivity contribution >= 4 is 11.6 Å². The second kappa shape index (κ2) is 7.17. The number of hydrogen-bond donors (Lipinski definition) is 2. The highest BCUT2D eigenvalue weighted by Gasteiger charge is 2.08. The number of anilines is 1. The number of aryl methyl sites for hydroxylation is 1. The largest absolute Gasteiger partial charge is 0.395 e. The zero-order valence-corrected chi connectivity index (χ0v) is 11.6. The van der Waals surface area contributed by atoms with Crippen LogP contribution < -0.4 is 5.32 Å². The predicted octanol–water partition coefficient (Wildman–Crippen LogP) is 1.77. The number of benzene rings is 1. The Kier molecular flexibility index (Phi) is 5.02. The van der Waals surface area contributed by atoms with Crippen molar-refractivity contribution in [3.05, 3.63) is 53.3 Å². The lowest BCUT2D eigenvalue weighted by Gasteiger charge is -2.08. The molecule has 0 saturated heterocycles. The molecule has 0 fully saturated rings. The topological polar surface area (TPSA) is 75.1 Å². The molecule has 106 valence electrons. The molecule has 0 aliphatic rings. The first-order valence-corrected chi connectivity index (χ1v) is 6.49. The number of hydrogen-bond acceptors (Lipinski definition) is 4. The van der Waals surface area contributed by atoms with E-state index in [1.54, 1.807) is 6.07 Å². The van der Waals surface area contributed by atoms with Gasteiger partial charge in [0.05, 0.1) is 24.6 Å². The van der Waals surface area contributed by atoms with E-state index in [4.69, 9.17) is 5.11 Å². The minimum Gasteiger partial charge on any atom is -0.395 e. The number of nitrogens with one attached hydrogen (secondary N) is 1. The highest BCUT2D eigenvalue weighted by Crippen LogP contribution is 2.17. The van der Waals surface area contributed by atoms with Crippen LogP contribution in [0, 0.1) is 18.8 Å². The van der Waals surface area contributed by atoms with Gasteiger partial charge in [0.25, 0.3) is 5.91 Å². The van der Waals surface area contributed by atoms with Crippen LogP contribution in [-0.4, -0.2) is 27.8 Å². The van der Waals surface area contributed by atoms with Crippen LogP contribution in [0.5, 0.6) is 0 Å². The van der Waals surface area contributed by atoms with Crippen LogP contribution in [-0.2, 0) is 0 Å². The summed E-state index contributed by atoms with van der Waals surface area (Å²) >= 11 is 0. The van der Waals surface area contributed by atoms with Gasteiger partial charge in [0.1, 0.15) is 0 Å². The molecule has 5 heteroatoms. The number of amides is 1. The molecule has 2 rings (SSSR count). The fourth-order valence-corrected chi connectivity index (χ4v) is 1.67. The molecule has 0 aliphatic carbocycles. The van der Waals surface area contributed by atoms with Crippen molar-refractivity contribution in [1.82, 2.24) is 10.2 Å². The van der Waals surface area contributed by atoms with Crippen molar-refractivity contribution in [2.45, 2.75) is 13.3 Å². The molecule has 0 bridgehead atoms. The Morgan fingerprint density at radius 2 is 2.19 bits per heavy atom. The molecule has 1 aromatic heterocycles. The van der Waals surface area contributed by atoms with E-state index < -0.39 is 0 Å². The highest BCUT2D eigenvalue weighted by molar-refractivity contribution is 6.04. The van der Waals surface area contributed by atoms with Crippen LogP contribution in [0.3, 0.4) is 0 Å². The third kappa shape index (κ3) is 4.13. The van der Waals surface area contributed by atoms with Crippen molar-refractivity contribution in [2.24, 2.45) is 0 Å². The molecule has 0 saturated carbocycles. The number of aromatic nitrogens is 2. The lowest BCUT2D eigenvalue weighted by molar-refractivity contribution is 0.102. The van der Waals surface area contributed by atoms with E-state index in [2.05, 4.69) is 27.4 Å². The molecule has 0 spiro atoms. The van der Waals surface area contributed by atoms with Crippen LogP contribution in [0.25, 0.3) is 0 Å². The van der Waals surface area contributed by atoms with Gasteiger partial charge in [-0.25, -0.2) is 0 Å². The summed E-state index contributed by atoms with van der Waals surface area (Å²) < 4.78 is 0. The number of aliphatic hydroxyl groups excluding tert-OH is 1. The third-order valence-corrected chi connectivity index (χ3v) is 2.80. The smallest absolute Gasteiger partial charge is 0.257 e. The zero-order valence-electron chi connectivity index (χ0n) is 11.6. The highest BCUT2D eigenvalue weighted by atomic mass is 16.2. The SMILES string of the molecule is Cc1ccc(C#CCCO)cc1NC(=O)c1ccnnc1. The lowest BCUT2D eigenvalue weighted by Crippen LogP contribution is -2.13. The van der Waals surface area contributed by atoms with Gasteiger partial charge in [0.2, 0.25) is 0 Å². The molecule has 1 amide bonds. The maximum Gasteiger partial charge on any atom is 0.257 e. The van der Waals surface area contributed by atoms with E-state index in [9.17, 15) is 4.79 Å². The van der Waals surface area contributed by atoms with Crippen LogP contribution in [0.15, 0.2) is 36.7 Å². The minimum atomic E-state index is -0.242. The summed E-state index contributed by atoms with van der Waals surface area (Å²) in [6.45, 7) is 1.95. The molecule has 2 aromatic rings. The van der Waals surface area contributed by atoms with Crippen molar-refractivity contribution in [1.29, 1.82) is 0 Å². The van der Waals surface area contributed by atoms with Gasteiger partial charge in [-0.1, -0.05) is 17.9 Å². The quantitative estimate of drug-likeness (QED) is 0.841. The average Bonchev–Trinajstić information content (AvgIpc) is 2.51. The van der Waals surface area contributed by atoms with Gasteiger partial charge >= 0.3 is 0 Å². The van der Waals surface area contributed by atoms with Gasteiger partial charge in [-0.15, -0.1) is 0 Å². The Morgan fingerprint density at radius 3 is 2.90 bits per heavy atom. The van der Waals surface area contributed by atoms with Crippen LogP contribution in [0.2, 0.25) is 0 Å². The summed E-state index contributed by atoms with van der Waals surface area (Å²) in [5.41, 5.74) is 2.88. The molecule has 2 N–H and O–H groups in total. The Hall–Kier alpha value is -2.71. The van der Waals surface area contributed by atoms with Crippen LogP contribution >= 0.6 is 0 Å². The molecule has 0 atom stereocenters. The average molecular weight is 281 g/mol. The Bertz CT molecular complexity index is 688. The first-order chi connectivity index (χ1) is 10.2. The molecule has 1 heterocycles. The summed E-state index contributed by atoms with van der Waals surface area (Å²) in [6, 6.07) is 7.18. The van der Waals surface area contributed by atoms with E-state index >= 15 is 0 Å². The third-order valence-electron chi connectivity index (χ3n) is 2.80. The summed E-state index contributed by atoms with van der Waals surface area (Å²) in [7, 11) is 0. The van der Waals surface area contributed by atoms with Gasteiger partial charge in [0.15, 0.2) is 0 Å². The maximum absolute atomic E-state index is 12.1. The van der Waals surface area contributed by atoms with Crippen molar-refractivity contribution < 1.29 is 9.90 Å². The fourth-order valence-electron chi connectivity index (χ4n) is 1.67. The second-order valence-corrected chi connectivity index (χ2v) is 4.39. The van der Waals surface area contributed by atoms with E-state index in [0.29, 0.717) is 17.7 Å². The predicted molar refractivity (Wildman–Crippen MR) is 79.7 cm³/mol. The van der Waals surface area contributed by atoms with Gasteiger partial charge in [-0.2, -0.15) is 10.2 Å². The van der Waals surface area contributed by atoms with Crippen LogP contribution in [0.4, 0.5) is 5.69 Å². The van der Waals surface area contributed by atoms with Gasteiger partial charge in [0, 0.05) is 17.7 Å². The standard InChI is InChI=1S/C16H15N3O2/c1-12-5-6-13(4-2-3-9-20)10-15(12)19-16(21)14-7-8-17-18-11-14/h5-8,10-11,20H,3,9H2,1H3,(H,19,21). The molecular weight excluding hydrogens is 266 g/mol. The molecule has 0 unspecified atom stereocenters. The van der Waals surface area contributed by atoms with E-state index in [-0.39, 0.29) is 12.5 Å². The normalized spacial score (nSPS) is 9.62. The molecule has 21 heavy (non-hydrogen) atoms. The van der Waals surface area contributed by atoms with Crippen LogP contribution in [0.1, 0.15) is 27.9 Å². The second-order valence-electron chi connectivity index (χ2n) is 4.39. The van der Waals surface area contributed by atoms with Gasteiger partial charge in [-0.3, -0.25) is 4.79 Å². The molecule has 5 nitrogen and oxygen atoms in total. The minimum absolute atomic E-state index is 0.0392. The Morgan fingerprint density at radius 1 is 1.33 bits per heavy atom. The van der Waals surface area contributed by atoms with E-state index in [0.717, 1.165) is 11.1 Å². The summed E-state index contributed by atoms with van der Waals surface area (Å²) in [5.74, 6) is 5.55. The molecule has 0 radical (unpaired) electrons. The van der Waals surface area contributed by atoms with Gasteiger partial charge < -0.3 is 10.4 Å². The first-order valence-electron chi connectivity index (χ1n) is 6.49. The maximum atomic E-state index is 12.1. The van der Waals surface area contributed by atoms with Crippen molar-refractivity contribution in [3.63, 3.8) is 0 Å². The van der Waals surface area contributed by atoms with Crippen molar-refractivity contribution in [2.75, 3.05) is 11.9 Å². The lowest BCUT2D eigenvalue weighted by atomic mass is 10.1. The Balaban J connectivity index is 2.18. The summed E-state index contributed by atoms with van der Waals surface area (Å²) in [4.78, 5) is 12.1. The van der Waals surface area contributed by atoms with E-state index in [1.807, 2.05) is 25.1 Å². The molecular formula is C16H15N3O2. The molecule has 1 aromatic carbocycles. The number of carbonyl (C=O) groups is 1. The monoisotopic (exact) mass is 281 g/mol. The number of aliphatic hydroxyl groups is 1. The fraction of sp³-hybridized carbons (Fsp3) is 0.188. The zero-order chi connectivity index (χ0) is 15.1. The first kappa shape index (κ1) is 14.7. The molecule has 0 aliphatic heterocycles. The number of nitrogens with zero attached hydrogens (tertiary/aromatic N) is 2. The summed E-state index contributed by atoms with van der Waals surface area (Å²) in [5, 5.41) is 18.9. The van der Waals surface area contributed by atoms with Crippen molar-refractivity contribution in [3.8, 4) is 11.8 Å². The number of carbonyl (C=O) groups excluding carboxylic acids is 1. The van der Waals surface area contributed by atoms with Gasteiger partial charge in [-0.05, 0) is 30.7 Å². The number of rotatable bonds is 3.